The lowest BCUT2D eigenvalue weighted by Crippen LogP contribution is -2.31. The largest absolute Gasteiger partial charge is 0.296 e. The van der Waals surface area contributed by atoms with Gasteiger partial charge in [0.05, 0.1) is 28.5 Å². The number of rotatable bonds is 4. The van der Waals surface area contributed by atoms with Crippen molar-refractivity contribution in [1.29, 1.82) is 0 Å². The molecule has 10 rings (SSSR count). The summed E-state index contributed by atoms with van der Waals surface area (Å²) in [5.41, 5.74) is 13.2. The van der Waals surface area contributed by atoms with Crippen LogP contribution in [-0.4, -0.2) is 9.97 Å². The maximum absolute atomic E-state index is 5.09. The van der Waals surface area contributed by atoms with E-state index in [2.05, 4.69) is 168 Å². The van der Waals surface area contributed by atoms with E-state index in [1.54, 1.807) is 0 Å². The number of para-hydroxylation sites is 2. The molecule has 0 bridgehead atoms. The minimum Gasteiger partial charge on any atom is -0.296 e. The Labute approximate surface area is 297 Å². The minimum atomic E-state index is 0.712. The standard InChI is InChI=1S/C47H32N4/c1-3-13-32(14-4-1)41-31-42(49-47(48-41)35-16-5-2-6-17-35)33-23-26-38(27-24-33)50-44-22-12-10-20-39(44)40-29-36-18-7-8-19-37(36)30-45(40)51-43-21-11-9-15-34(43)25-28-46(50)51/h1-24,26-31H,25H2. The molecule has 0 radical (unpaired) electrons. The molecule has 0 spiro atoms. The van der Waals surface area contributed by atoms with Crippen LogP contribution < -0.4 is 9.80 Å². The van der Waals surface area contributed by atoms with Gasteiger partial charge in [0.1, 0.15) is 5.82 Å². The third-order valence-corrected chi connectivity index (χ3v) is 9.98. The zero-order valence-corrected chi connectivity index (χ0v) is 27.8. The summed E-state index contributed by atoms with van der Waals surface area (Å²) in [5, 5.41) is 2.46. The number of fused-ring (bicyclic) bond motifs is 8. The predicted octanol–water partition coefficient (Wildman–Crippen LogP) is 12.0. The third kappa shape index (κ3) is 5.00. The molecule has 0 saturated heterocycles. The number of hydrogen-bond acceptors (Lipinski definition) is 4. The third-order valence-electron chi connectivity index (χ3n) is 9.98. The summed E-state index contributed by atoms with van der Waals surface area (Å²) in [4.78, 5) is 15.0. The summed E-state index contributed by atoms with van der Waals surface area (Å²) in [6.45, 7) is 0. The van der Waals surface area contributed by atoms with Crippen molar-refractivity contribution in [2.75, 3.05) is 9.80 Å². The van der Waals surface area contributed by atoms with E-state index < -0.39 is 0 Å². The van der Waals surface area contributed by atoms with Gasteiger partial charge in [0.25, 0.3) is 0 Å². The fourth-order valence-corrected chi connectivity index (χ4v) is 7.53. The quantitative estimate of drug-likeness (QED) is 0.189. The highest BCUT2D eigenvalue weighted by Gasteiger charge is 2.33. The van der Waals surface area contributed by atoms with E-state index >= 15 is 0 Å². The average Bonchev–Trinajstić information content (AvgIpc) is 3.33. The Bertz CT molecular complexity index is 2550. The topological polar surface area (TPSA) is 32.3 Å². The van der Waals surface area contributed by atoms with Gasteiger partial charge in [0, 0.05) is 33.5 Å². The van der Waals surface area contributed by atoms with E-state index in [1.165, 1.54) is 38.8 Å². The van der Waals surface area contributed by atoms with Gasteiger partial charge < -0.3 is 0 Å². The second-order valence-corrected chi connectivity index (χ2v) is 13.0. The van der Waals surface area contributed by atoms with E-state index in [0.717, 1.165) is 51.7 Å². The maximum atomic E-state index is 5.09. The van der Waals surface area contributed by atoms with Gasteiger partial charge in [-0.1, -0.05) is 133 Å². The molecule has 51 heavy (non-hydrogen) atoms. The van der Waals surface area contributed by atoms with Crippen LogP contribution in [-0.2, 0) is 6.42 Å². The van der Waals surface area contributed by atoms with Crippen molar-refractivity contribution in [3.63, 3.8) is 0 Å². The van der Waals surface area contributed by atoms with Crippen molar-refractivity contribution in [3.8, 4) is 45.0 Å². The Morgan fingerprint density at radius 3 is 1.75 bits per heavy atom. The molecule has 0 atom stereocenters. The first-order valence-electron chi connectivity index (χ1n) is 17.4. The molecule has 0 unspecified atom stereocenters. The number of nitrogens with zero attached hydrogens (tertiary/aromatic N) is 4. The van der Waals surface area contributed by atoms with Crippen LogP contribution in [0.5, 0.6) is 0 Å². The van der Waals surface area contributed by atoms with Crippen LogP contribution in [0.4, 0.5) is 22.7 Å². The lowest BCUT2D eigenvalue weighted by Gasteiger charge is -2.38. The van der Waals surface area contributed by atoms with Crippen LogP contribution in [0.3, 0.4) is 0 Å². The zero-order valence-electron chi connectivity index (χ0n) is 27.8. The zero-order chi connectivity index (χ0) is 33.7. The monoisotopic (exact) mass is 652 g/mol. The fourth-order valence-electron chi connectivity index (χ4n) is 7.53. The van der Waals surface area contributed by atoms with E-state index in [0.29, 0.717) is 5.82 Å². The lowest BCUT2D eigenvalue weighted by molar-refractivity contribution is 0.999. The van der Waals surface area contributed by atoms with E-state index in [-0.39, 0.29) is 0 Å². The van der Waals surface area contributed by atoms with Gasteiger partial charge in [0.15, 0.2) is 5.82 Å². The second-order valence-electron chi connectivity index (χ2n) is 13.0. The van der Waals surface area contributed by atoms with Gasteiger partial charge in [0.2, 0.25) is 0 Å². The first-order chi connectivity index (χ1) is 25.3. The molecule has 2 aliphatic heterocycles. The van der Waals surface area contributed by atoms with Crippen LogP contribution >= 0.6 is 0 Å². The molecule has 4 heteroatoms. The fraction of sp³-hybridized carbons (Fsp3) is 0.0213. The number of aromatic nitrogens is 2. The van der Waals surface area contributed by atoms with Gasteiger partial charge in [-0.05, 0) is 71.3 Å². The van der Waals surface area contributed by atoms with Crippen LogP contribution in [0.1, 0.15) is 5.56 Å². The molecule has 8 aromatic rings. The Morgan fingerprint density at radius 2 is 1.00 bits per heavy atom. The van der Waals surface area contributed by atoms with Crippen LogP contribution in [0.15, 0.2) is 188 Å². The van der Waals surface area contributed by atoms with Gasteiger partial charge in [-0.2, -0.15) is 0 Å². The summed E-state index contributed by atoms with van der Waals surface area (Å²) in [6, 6.07) is 62.4. The molecule has 0 N–H and O–H groups in total. The second kappa shape index (κ2) is 12.0. The van der Waals surface area contributed by atoms with Crippen molar-refractivity contribution >= 4 is 33.5 Å². The van der Waals surface area contributed by atoms with Crippen molar-refractivity contribution < 1.29 is 0 Å². The molecule has 0 fully saturated rings. The predicted molar refractivity (Wildman–Crippen MR) is 210 cm³/mol. The molecule has 0 aliphatic carbocycles. The normalized spacial score (nSPS) is 13.1. The van der Waals surface area contributed by atoms with Gasteiger partial charge >= 0.3 is 0 Å². The Balaban J connectivity index is 1.14. The molecule has 2 aliphatic rings. The molecule has 4 nitrogen and oxygen atoms in total. The number of benzene rings is 7. The van der Waals surface area contributed by atoms with Crippen molar-refractivity contribution in [1.82, 2.24) is 9.97 Å². The van der Waals surface area contributed by atoms with Gasteiger partial charge in [-0.3, -0.25) is 9.80 Å². The van der Waals surface area contributed by atoms with Crippen LogP contribution in [0.2, 0.25) is 0 Å². The molecule has 1 aromatic heterocycles. The molecule has 0 saturated carbocycles. The van der Waals surface area contributed by atoms with Gasteiger partial charge in [-0.15, -0.1) is 0 Å². The molecular formula is C47H32N4. The minimum absolute atomic E-state index is 0.712. The van der Waals surface area contributed by atoms with Crippen LogP contribution in [0, 0.1) is 0 Å². The highest BCUT2D eigenvalue weighted by atomic mass is 15.4. The number of allylic oxidation sites excluding steroid dienone is 1. The van der Waals surface area contributed by atoms with Crippen molar-refractivity contribution in [3.05, 3.63) is 193 Å². The summed E-state index contributed by atoms with van der Waals surface area (Å²) in [6.07, 6.45) is 3.23. The molecule has 0 amide bonds. The first-order valence-corrected chi connectivity index (χ1v) is 17.4. The summed E-state index contributed by atoms with van der Waals surface area (Å²) < 4.78 is 0. The Morgan fingerprint density at radius 1 is 0.412 bits per heavy atom. The van der Waals surface area contributed by atoms with E-state index in [4.69, 9.17) is 9.97 Å². The van der Waals surface area contributed by atoms with E-state index in [9.17, 15) is 0 Å². The summed E-state index contributed by atoms with van der Waals surface area (Å²) in [7, 11) is 0. The molecule has 7 aromatic carbocycles. The Hall–Kier alpha value is -6.78. The Kier molecular flexibility index (Phi) is 6.85. The first kappa shape index (κ1) is 29.2. The molecule has 3 heterocycles. The average molecular weight is 653 g/mol. The summed E-state index contributed by atoms with van der Waals surface area (Å²) in [5.74, 6) is 1.84. The van der Waals surface area contributed by atoms with Crippen LogP contribution in [0.25, 0.3) is 55.8 Å². The highest BCUT2D eigenvalue weighted by Crippen LogP contribution is 2.52. The van der Waals surface area contributed by atoms with E-state index in [1.807, 2.05) is 24.3 Å². The van der Waals surface area contributed by atoms with Crippen molar-refractivity contribution in [2.24, 2.45) is 0 Å². The molecular weight excluding hydrogens is 621 g/mol. The summed E-state index contributed by atoms with van der Waals surface area (Å²) >= 11 is 0. The number of hydrogen-bond donors (Lipinski definition) is 0. The highest BCUT2D eigenvalue weighted by molar-refractivity contribution is 6.03. The molecule has 240 valence electrons. The van der Waals surface area contributed by atoms with Gasteiger partial charge in [-0.25, -0.2) is 9.97 Å². The lowest BCUT2D eigenvalue weighted by atomic mass is 9.96. The SMILES string of the molecule is C1=C2N(c3ccc(-c4cc(-c5ccccc5)nc(-c5ccccc5)n4)cc3)c3ccccc3-c3cc4ccccc4cc3N2c2ccccc2C1. The smallest absolute Gasteiger partial charge is 0.160 e. The van der Waals surface area contributed by atoms with Crippen molar-refractivity contribution in [2.45, 2.75) is 6.42 Å². The maximum Gasteiger partial charge on any atom is 0.160 e. The number of anilines is 4.